The van der Waals surface area contributed by atoms with Crippen LogP contribution in [-0.4, -0.2) is 17.6 Å². The molecule has 0 aliphatic heterocycles. The molecule has 0 fully saturated rings. The summed E-state index contributed by atoms with van der Waals surface area (Å²) >= 11 is 5.58. The van der Waals surface area contributed by atoms with Gasteiger partial charge < -0.3 is 9.84 Å². The number of hydrogen-bond donors (Lipinski definition) is 1. The molecule has 1 aromatic rings. The van der Waals surface area contributed by atoms with Crippen molar-refractivity contribution in [2.24, 2.45) is 0 Å². The van der Waals surface area contributed by atoms with E-state index in [0.717, 1.165) is 0 Å². The maximum atomic E-state index is 11.8. The van der Waals surface area contributed by atoms with Gasteiger partial charge in [0, 0.05) is 11.0 Å². The van der Waals surface area contributed by atoms with E-state index in [2.05, 4.69) is 17.1 Å². The lowest BCUT2D eigenvalue weighted by atomic mass is 10.0. The predicted molar refractivity (Wildman–Crippen MR) is 62.7 cm³/mol. The van der Waals surface area contributed by atoms with Crippen molar-refractivity contribution in [2.75, 3.05) is 6.54 Å². The summed E-state index contributed by atoms with van der Waals surface area (Å²) in [7, 11) is 0. The number of aromatic nitrogens is 1. The second kappa shape index (κ2) is 5.16. The Morgan fingerprint density at radius 1 is 1.62 bits per heavy atom. The lowest BCUT2D eigenvalue weighted by Gasteiger charge is -2.05. The molecule has 0 spiro atoms. The standard InChI is InChI=1S/C11H15ClN2O2/c1-6(2)10-9(8(4)14-16-10)11(15)13-5-7(3)12/h6H,3,5H2,1-2,4H3,(H,13,15). The van der Waals surface area contributed by atoms with Gasteiger partial charge in [0.2, 0.25) is 0 Å². The lowest BCUT2D eigenvalue weighted by molar-refractivity contribution is 0.0954. The summed E-state index contributed by atoms with van der Waals surface area (Å²) in [6.45, 7) is 9.36. The fraction of sp³-hybridized carbons (Fsp3) is 0.455. The molecule has 4 nitrogen and oxygen atoms in total. The van der Waals surface area contributed by atoms with Crippen LogP contribution in [0.4, 0.5) is 0 Å². The van der Waals surface area contributed by atoms with Crippen LogP contribution in [0.25, 0.3) is 0 Å². The van der Waals surface area contributed by atoms with Gasteiger partial charge in [0.25, 0.3) is 5.91 Å². The van der Waals surface area contributed by atoms with E-state index in [0.29, 0.717) is 22.0 Å². The van der Waals surface area contributed by atoms with E-state index in [4.69, 9.17) is 16.1 Å². The van der Waals surface area contributed by atoms with Gasteiger partial charge in [0.1, 0.15) is 5.56 Å². The highest BCUT2D eigenvalue weighted by Crippen LogP contribution is 2.21. The van der Waals surface area contributed by atoms with Gasteiger partial charge in [-0.05, 0) is 6.92 Å². The van der Waals surface area contributed by atoms with E-state index in [1.165, 1.54) is 0 Å². The van der Waals surface area contributed by atoms with Gasteiger partial charge in [-0.25, -0.2) is 0 Å². The lowest BCUT2D eigenvalue weighted by Crippen LogP contribution is -2.25. The second-order valence-electron chi connectivity index (χ2n) is 3.86. The normalized spacial score (nSPS) is 10.6. The third kappa shape index (κ3) is 2.85. The van der Waals surface area contributed by atoms with Crippen molar-refractivity contribution in [1.29, 1.82) is 0 Å². The minimum atomic E-state index is -0.232. The van der Waals surface area contributed by atoms with Crippen molar-refractivity contribution in [3.63, 3.8) is 0 Å². The van der Waals surface area contributed by atoms with E-state index < -0.39 is 0 Å². The second-order valence-corrected chi connectivity index (χ2v) is 4.40. The molecule has 0 aliphatic carbocycles. The summed E-state index contributed by atoms with van der Waals surface area (Å²) in [4.78, 5) is 11.8. The first-order valence-electron chi connectivity index (χ1n) is 5.01. The number of nitrogens with zero attached hydrogens (tertiary/aromatic N) is 1. The SMILES string of the molecule is C=C(Cl)CNC(=O)c1c(C)noc1C(C)C. The molecule has 16 heavy (non-hydrogen) atoms. The molecule has 88 valence electrons. The number of hydrogen-bond acceptors (Lipinski definition) is 3. The quantitative estimate of drug-likeness (QED) is 0.883. The van der Waals surface area contributed by atoms with E-state index in [1.54, 1.807) is 6.92 Å². The molecule has 1 aromatic heterocycles. The highest BCUT2D eigenvalue weighted by atomic mass is 35.5. The van der Waals surface area contributed by atoms with Crippen LogP contribution in [0, 0.1) is 6.92 Å². The van der Waals surface area contributed by atoms with Gasteiger partial charge in [0.15, 0.2) is 5.76 Å². The molecule has 0 aliphatic rings. The first-order valence-corrected chi connectivity index (χ1v) is 5.39. The topological polar surface area (TPSA) is 55.1 Å². The number of aryl methyl sites for hydroxylation is 1. The van der Waals surface area contributed by atoms with Gasteiger partial charge in [-0.15, -0.1) is 0 Å². The molecule has 0 atom stereocenters. The average molecular weight is 243 g/mol. The monoisotopic (exact) mass is 242 g/mol. The Bertz CT molecular complexity index is 410. The van der Waals surface area contributed by atoms with Gasteiger partial charge in [-0.2, -0.15) is 0 Å². The zero-order valence-electron chi connectivity index (χ0n) is 9.63. The Balaban J connectivity index is 2.89. The third-order valence-corrected chi connectivity index (χ3v) is 2.21. The van der Waals surface area contributed by atoms with Crippen molar-refractivity contribution < 1.29 is 9.32 Å². The van der Waals surface area contributed by atoms with Gasteiger partial charge in [-0.3, -0.25) is 4.79 Å². The number of carbonyl (C=O) groups excluding carboxylic acids is 1. The zero-order chi connectivity index (χ0) is 12.3. The zero-order valence-corrected chi connectivity index (χ0v) is 10.4. The molecule has 0 unspecified atom stereocenters. The van der Waals surface area contributed by atoms with Gasteiger partial charge in [-0.1, -0.05) is 37.2 Å². The van der Waals surface area contributed by atoms with Crippen molar-refractivity contribution in [1.82, 2.24) is 10.5 Å². The molecule has 5 heteroatoms. The number of halogens is 1. The summed E-state index contributed by atoms with van der Waals surface area (Å²) in [5.41, 5.74) is 1.08. The van der Waals surface area contributed by atoms with Crippen LogP contribution in [0.2, 0.25) is 0 Å². The first kappa shape index (κ1) is 12.8. The van der Waals surface area contributed by atoms with E-state index in [-0.39, 0.29) is 18.4 Å². The summed E-state index contributed by atoms with van der Waals surface area (Å²) in [6, 6.07) is 0. The smallest absolute Gasteiger partial charge is 0.257 e. The van der Waals surface area contributed by atoms with Crippen LogP contribution in [0.5, 0.6) is 0 Å². The fourth-order valence-electron chi connectivity index (χ4n) is 1.32. The molecule has 1 rings (SSSR count). The van der Waals surface area contributed by atoms with Gasteiger partial charge in [0.05, 0.1) is 12.2 Å². The number of carbonyl (C=O) groups is 1. The molecule has 1 heterocycles. The van der Waals surface area contributed by atoms with Crippen LogP contribution in [-0.2, 0) is 0 Å². The average Bonchev–Trinajstić information content (AvgIpc) is 2.56. The van der Waals surface area contributed by atoms with Crippen molar-refractivity contribution >= 4 is 17.5 Å². The Labute approximate surface area is 99.6 Å². The first-order chi connectivity index (χ1) is 7.43. The number of nitrogens with one attached hydrogen (secondary N) is 1. The molecule has 1 amide bonds. The molecule has 0 saturated carbocycles. The maximum absolute atomic E-state index is 11.8. The Hall–Kier alpha value is -1.29. The molecule has 0 radical (unpaired) electrons. The summed E-state index contributed by atoms with van der Waals surface area (Å²) in [6.07, 6.45) is 0. The highest BCUT2D eigenvalue weighted by molar-refractivity contribution is 6.29. The molecule has 0 bridgehead atoms. The van der Waals surface area contributed by atoms with Crippen LogP contribution < -0.4 is 5.32 Å². The minimum absolute atomic E-state index is 0.112. The predicted octanol–water partition coefficient (Wildman–Crippen LogP) is 2.59. The fourth-order valence-corrected chi connectivity index (χ4v) is 1.39. The summed E-state index contributed by atoms with van der Waals surface area (Å²) in [5.74, 6) is 0.473. The van der Waals surface area contributed by atoms with Crippen molar-refractivity contribution in [3.8, 4) is 0 Å². The van der Waals surface area contributed by atoms with Crippen LogP contribution in [0.3, 0.4) is 0 Å². The van der Waals surface area contributed by atoms with Crippen LogP contribution >= 0.6 is 11.6 Å². The van der Waals surface area contributed by atoms with Crippen molar-refractivity contribution in [2.45, 2.75) is 26.7 Å². The maximum Gasteiger partial charge on any atom is 0.257 e. The number of amides is 1. The Morgan fingerprint density at radius 2 is 2.25 bits per heavy atom. The Kier molecular flexibility index (Phi) is 4.12. The molecule has 0 saturated heterocycles. The van der Waals surface area contributed by atoms with Crippen LogP contribution in [0.1, 0.15) is 41.6 Å². The third-order valence-electron chi connectivity index (χ3n) is 2.08. The molecule has 1 N–H and O–H groups in total. The Morgan fingerprint density at radius 3 is 2.75 bits per heavy atom. The van der Waals surface area contributed by atoms with Gasteiger partial charge >= 0.3 is 0 Å². The largest absolute Gasteiger partial charge is 0.360 e. The van der Waals surface area contributed by atoms with E-state index >= 15 is 0 Å². The number of rotatable bonds is 4. The molecular weight excluding hydrogens is 228 g/mol. The van der Waals surface area contributed by atoms with Crippen molar-refractivity contribution in [3.05, 3.63) is 28.6 Å². The highest BCUT2D eigenvalue weighted by Gasteiger charge is 2.22. The minimum Gasteiger partial charge on any atom is -0.360 e. The van der Waals surface area contributed by atoms with Crippen LogP contribution in [0.15, 0.2) is 16.1 Å². The molecule has 0 aromatic carbocycles. The van der Waals surface area contributed by atoms with E-state index in [9.17, 15) is 4.79 Å². The molecular formula is C11H15ClN2O2. The summed E-state index contributed by atoms with van der Waals surface area (Å²) in [5, 5.41) is 6.83. The van der Waals surface area contributed by atoms with E-state index in [1.807, 2.05) is 13.8 Å². The summed E-state index contributed by atoms with van der Waals surface area (Å²) < 4.78 is 5.12.